The molecule has 0 spiro atoms. The zero-order valence-electron chi connectivity index (χ0n) is 8.66. The van der Waals surface area contributed by atoms with E-state index in [9.17, 15) is 9.59 Å². The van der Waals surface area contributed by atoms with Gasteiger partial charge in [-0.2, -0.15) is 0 Å². The molecule has 0 aromatic carbocycles. The summed E-state index contributed by atoms with van der Waals surface area (Å²) >= 11 is 5.58. The number of hydrogen-bond donors (Lipinski definition) is 2. The Labute approximate surface area is 97.4 Å². The fraction of sp³-hybridized carbons (Fsp3) is 0.333. The Bertz CT molecular complexity index is 397. The van der Waals surface area contributed by atoms with E-state index in [4.69, 9.17) is 11.6 Å². The van der Waals surface area contributed by atoms with Crippen molar-refractivity contribution >= 4 is 23.4 Å². The predicted octanol–water partition coefficient (Wildman–Crippen LogP) is -0.00410. The Morgan fingerprint density at radius 1 is 1.31 bits per heavy atom. The van der Waals surface area contributed by atoms with Crippen LogP contribution in [0, 0.1) is 0 Å². The molecule has 1 aromatic rings. The lowest BCUT2D eigenvalue weighted by atomic mass is 10.4. The second-order valence-electron chi connectivity index (χ2n) is 2.97. The van der Waals surface area contributed by atoms with Crippen LogP contribution in [0.4, 0.5) is 0 Å². The van der Waals surface area contributed by atoms with Gasteiger partial charge in [0.05, 0.1) is 12.4 Å². The van der Waals surface area contributed by atoms with Crippen molar-refractivity contribution < 1.29 is 9.59 Å². The maximum atomic E-state index is 11.5. The summed E-state index contributed by atoms with van der Waals surface area (Å²) in [5.74, 6) is -0.517. The van der Waals surface area contributed by atoms with Crippen molar-refractivity contribution in [3.63, 3.8) is 0 Å². The lowest BCUT2D eigenvalue weighted by Gasteiger charge is -2.04. The van der Waals surface area contributed by atoms with Crippen LogP contribution in [0.1, 0.15) is 17.4 Å². The maximum Gasteiger partial charge on any atom is 0.271 e. The molecule has 6 nitrogen and oxygen atoms in total. The van der Waals surface area contributed by atoms with Crippen LogP contribution in [0.25, 0.3) is 0 Å². The lowest BCUT2D eigenvalue weighted by Crippen LogP contribution is -2.34. The van der Waals surface area contributed by atoms with Gasteiger partial charge in [0.15, 0.2) is 0 Å². The van der Waals surface area contributed by atoms with E-state index in [1.54, 1.807) is 0 Å². The first-order valence-electron chi connectivity index (χ1n) is 4.60. The minimum absolute atomic E-state index is 0.142. The van der Waals surface area contributed by atoms with Crippen molar-refractivity contribution in [1.82, 2.24) is 20.6 Å². The van der Waals surface area contributed by atoms with Gasteiger partial charge in [0.2, 0.25) is 5.91 Å². The number of rotatable bonds is 4. The molecule has 86 valence electrons. The molecule has 7 heteroatoms. The Balaban J connectivity index is 2.38. The van der Waals surface area contributed by atoms with Gasteiger partial charge in [-0.3, -0.25) is 14.6 Å². The average Bonchev–Trinajstić information content (AvgIpc) is 2.24. The molecular weight excluding hydrogens is 232 g/mol. The molecule has 16 heavy (non-hydrogen) atoms. The maximum absolute atomic E-state index is 11.5. The van der Waals surface area contributed by atoms with Crippen molar-refractivity contribution in [2.45, 2.75) is 6.92 Å². The highest BCUT2D eigenvalue weighted by atomic mass is 35.5. The number of nitrogens with one attached hydrogen (secondary N) is 2. The SMILES string of the molecule is CC(=O)NCCNC(=O)c1cncc(Cl)n1. The van der Waals surface area contributed by atoms with Gasteiger partial charge in [-0.15, -0.1) is 0 Å². The summed E-state index contributed by atoms with van der Waals surface area (Å²) < 4.78 is 0. The zero-order chi connectivity index (χ0) is 12.0. The van der Waals surface area contributed by atoms with E-state index in [0.717, 1.165) is 0 Å². The largest absolute Gasteiger partial charge is 0.355 e. The molecule has 0 unspecified atom stereocenters. The summed E-state index contributed by atoms with van der Waals surface area (Å²) in [6, 6.07) is 0. The van der Waals surface area contributed by atoms with E-state index in [1.807, 2.05) is 0 Å². The molecule has 2 N–H and O–H groups in total. The van der Waals surface area contributed by atoms with E-state index >= 15 is 0 Å². The van der Waals surface area contributed by atoms with Gasteiger partial charge in [0.1, 0.15) is 10.8 Å². The van der Waals surface area contributed by atoms with Crippen LogP contribution >= 0.6 is 11.6 Å². The summed E-state index contributed by atoms with van der Waals surface area (Å²) in [7, 11) is 0. The Kier molecular flexibility index (Phi) is 4.65. The summed E-state index contributed by atoms with van der Waals surface area (Å²) in [6.07, 6.45) is 2.66. The molecule has 0 radical (unpaired) electrons. The van der Waals surface area contributed by atoms with Crippen LogP contribution in [0.15, 0.2) is 12.4 Å². The first-order valence-corrected chi connectivity index (χ1v) is 4.97. The predicted molar refractivity (Wildman–Crippen MR) is 58.1 cm³/mol. The lowest BCUT2D eigenvalue weighted by molar-refractivity contribution is -0.118. The number of carbonyl (C=O) groups is 2. The summed E-state index contributed by atoms with van der Waals surface area (Å²) in [4.78, 5) is 29.5. The Hall–Kier alpha value is -1.69. The molecule has 0 aliphatic carbocycles. The van der Waals surface area contributed by atoms with Crippen molar-refractivity contribution in [1.29, 1.82) is 0 Å². The molecule has 0 aliphatic heterocycles. The van der Waals surface area contributed by atoms with Gasteiger partial charge >= 0.3 is 0 Å². The average molecular weight is 243 g/mol. The topological polar surface area (TPSA) is 84.0 Å². The molecule has 0 saturated heterocycles. The summed E-state index contributed by atoms with van der Waals surface area (Å²) in [6.45, 7) is 2.10. The fourth-order valence-corrected chi connectivity index (χ4v) is 1.10. The number of nitrogens with zero attached hydrogens (tertiary/aromatic N) is 2. The molecule has 0 fully saturated rings. The van der Waals surface area contributed by atoms with Gasteiger partial charge < -0.3 is 10.6 Å². The second-order valence-corrected chi connectivity index (χ2v) is 3.35. The number of aromatic nitrogens is 2. The highest BCUT2D eigenvalue weighted by molar-refractivity contribution is 6.29. The smallest absolute Gasteiger partial charge is 0.271 e. The highest BCUT2D eigenvalue weighted by Gasteiger charge is 2.07. The number of halogens is 1. The standard InChI is InChI=1S/C9H11ClN4O2/c1-6(15)12-2-3-13-9(16)7-4-11-5-8(10)14-7/h4-5H,2-3H2,1H3,(H,12,15)(H,13,16). The minimum atomic E-state index is -0.375. The third-order valence-electron chi connectivity index (χ3n) is 1.62. The molecule has 0 aliphatic rings. The number of amides is 2. The number of carbonyl (C=O) groups excluding carboxylic acids is 2. The van der Waals surface area contributed by atoms with Crippen LogP contribution in [0.3, 0.4) is 0 Å². The highest BCUT2D eigenvalue weighted by Crippen LogP contribution is 2.01. The van der Waals surface area contributed by atoms with Crippen LogP contribution in [0.5, 0.6) is 0 Å². The fourth-order valence-electron chi connectivity index (χ4n) is 0.957. The van der Waals surface area contributed by atoms with E-state index in [1.165, 1.54) is 19.3 Å². The normalized spacial score (nSPS) is 9.62. The Morgan fingerprint density at radius 2 is 2.00 bits per heavy atom. The van der Waals surface area contributed by atoms with E-state index in [0.29, 0.717) is 13.1 Å². The summed E-state index contributed by atoms with van der Waals surface area (Å²) in [5.41, 5.74) is 0.148. The van der Waals surface area contributed by atoms with Crippen molar-refractivity contribution in [3.8, 4) is 0 Å². The van der Waals surface area contributed by atoms with Crippen LogP contribution in [-0.4, -0.2) is 34.9 Å². The van der Waals surface area contributed by atoms with E-state index in [2.05, 4.69) is 20.6 Å². The van der Waals surface area contributed by atoms with Crippen LogP contribution in [-0.2, 0) is 4.79 Å². The van der Waals surface area contributed by atoms with Gasteiger partial charge in [0, 0.05) is 20.0 Å². The van der Waals surface area contributed by atoms with Gasteiger partial charge in [-0.05, 0) is 0 Å². The van der Waals surface area contributed by atoms with Crippen molar-refractivity contribution in [2.75, 3.05) is 13.1 Å². The molecular formula is C9H11ClN4O2. The minimum Gasteiger partial charge on any atom is -0.355 e. The van der Waals surface area contributed by atoms with E-state index < -0.39 is 0 Å². The number of hydrogen-bond acceptors (Lipinski definition) is 4. The quantitative estimate of drug-likeness (QED) is 0.728. The van der Waals surface area contributed by atoms with Gasteiger partial charge in [0.25, 0.3) is 5.91 Å². The second kappa shape index (κ2) is 6.02. The van der Waals surface area contributed by atoms with E-state index in [-0.39, 0.29) is 22.7 Å². The Morgan fingerprint density at radius 3 is 2.62 bits per heavy atom. The molecule has 0 bridgehead atoms. The zero-order valence-corrected chi connectivity index (χ0v) is 9.41. The molecule has 1 heterocycles. The first kappa shape index (κ1) is 12.4. The molecule has 0 saturated carbocycles. The molecule has 2 amide bonds. The van der Waals surface area contributed by atoms with Crippen LogP contribution in [0.2, 0.25) is 5.15 Å². The van der Waals surface area contributed by atoms with Gasteiger partial charge in [-0.1, -0.05) is 11.6 Å². The van der Waals surface area contributed by atoms with Crippen molar-refractivity contribution in [2.24, 2.45) is 0 Å². The third kappa shape index (κ3) is 4.22. The van der Waals surface area contributed by atoms with Crippen molar-refractivity contribution in [3.05, 3.63) is 23.2 Å². The van der Waals surface area contributed by atoms with Gasteiger partial charge in [-0.25, -0.2) is 4.98 Å². The molecule has 1 aromatic heterocycles. The van der Waals surface area contributed by atoms with Crippen LogP contribution < -0.4 is 10.6 Å². The third-order valence-corrected chi connectivity index (χ3v) is 1.80. The molecule has 0 atom stereocenters. The monoisotopic (exact) mass is 242 g/mol. The first-order chi connectivity index (χ1) is 7.59. The molecule has 1 rings (SSSR count). The summed E-state index contributed by atoms with van der Waals surface area (Å²) in [5, 5.41) is 5.28.